The molecule has 98 valence electrons. The standard InChI is InChI=1S/C13H16ClFN2O/c14-9-3-1-4-10(15)12(9)17-11(18)7-13(8-16)5-2-6-13/h1,3-4H,2,5-8,16H2,(H,17,18). The Morgan fingerprint density at radius 1 is 1.50 bits per heavy atom. The molecule has 0 aliphatic heterocycles. The third-order valence-corrected chi connectivity index (χ3v) is 3.92. The molecule has 0 saturated heterocycles. The van der Waals surface area contributed by atoms with Gasteiger partial charge in [-0.25, -0.2) is 4.39 Å². The summed E-state index contributed by atoms with van der Waals surface area (Å²) < 4.78 is 13.5. The molecule has 0 radical (unpaired) electrons. The van der Waals surface area contributed by atoms with E-state index in [2.05, 4.69) is 5.32 Å². The Bertz CT molecular complexity index is 435. The summed E-state index contributed by atoms with van der Waals surface area (Å²) in [5.41, 5.74) is 5.65. The summed E-state index contributed by atoms with van der Waals surface area (Å²) in [5.74, 6) is -0.751. The maximum atomic E-state index is 13.5. The highest BCUT2D eigenvalue weighted by Gasteiger charge is 2.37. The van der Waals surface area contributed by atoms with E-state index in [4.69, 9.17) is 17.3 Å². The highest BCUT2D eigenvalue weighted by Crippen LogP contribution is 2.43. The number of nitrogens with two attached hydrogens (primary N) is 1. The molecule has 1 aliphatic carbocycles. The van der Waals surface area contributed by atoms with Gasteiger partial charge in [-0.2, -0.15) is 0 Å². The molecule has 18 heavy (non-hydrogen) atoms. The van der Waals surface area contributed by atoms with Gasteiger partial charge in [-0.15, -0.1) is 0 Å². The van der Waals surface area contributed by atoms with E-state index in [0.717, 1.165) is 19.3 Å². The summed E-state index contributed by atoms with van der Waals surface area (Å²) in [4.78, 5) is 11.9. The maximum Gasteiger partial charge on any atom is 0.225 e. The average molecular weight is 271 g/mol. The van der Waals surface area contributed by atoms with E-state index in [0.29, 0.717) is 13.0 Å². The van der Waals surface area contributed by atoms with Crippen LogP contribution in [0.5, 0.6) is 0 Å². The zero-order valence-electron chi connectivity index (χ0n) is 10.0. The smallest absolute Gasteiger partial charge is 0.225 e. The van der Waals surface area contributed by atoms with Crippen LogP contribution >= 0.6 is 11.6 Å². The summed E-state index contributed by atoms with van der Waals surface area (Å²) in [6, 6.07) is 4.31. The molecule has 1 aromatic carbocycles. The number of para-hydroxylation sites is 1. The molecule has 3 nitrogen and oxygen atoms in total. The zero-order chi connectivity index (χ0) is 13.2. The lowest BCUT2D eigenvalue weighted by Crippen LogP contribution is -2.40. The molecule has 1 aliphatic rings. The second-order valence-corrected chi connectivity index (χ2v) is 5.29. The van der Waals surface area contributed by atoms with Crippen LogP contribution in [-0.4, -0.2) is 12.5 Å². The summed E-state index contributed by atoms with van der Waals surface area (Å²) in [6.45, 7) is 0.491. The monoisotopic (exact) mass is 270 g/mol. The molecule has 0 spiro atoms. The Morgan fingerprint density at radius 3 is 2.72 bits per heavy atom. The normalized spacial score (nSPS) is 17.1. The molecule has 3 N–H and O–H groups in total. The van der Waals surface area contributed by atoms with Gasteiger partial charge in [-0.1, -0.05) is 24.1 Å². The Kier molecular flexibility index (Phi) is 3.88. The number of amides is 1. The van der Waals surface area contributed by atoms with Gasteiger partial charge in [0.05, 0.1) is 10.7 Å². The second-order valence-electron chi connectivity index (χ2n) is 4.88. The first-order valence-corrected chi connectivity index (χ1v) is 6.38. The Labute approximate surface area is 111 Å². The summed E-state index contributed by atoms with van der Waals surface area (Å²) >= 11 is 5.85. The molecule has 1 aromatic rings. The van der Waals surface area contributed by atoms with E-state index in [1.54, 1.807) is 6.07 Å². The Balaban J connectivity index is 2.03. The number of hydrogen-bond acceptors (Lipinski definition) is 2. The van der Waals surface area contributed by atoms with Gasteiger partial charge in [-0.3, -0.25) is 4.79 Å². The molecule has 1 saturated carbocycles. The number of rotatable bonds is 4. The van der Waals surface area contributed by atoms with Crippen LogP contribution in [0.15, 0.2) is 18.2 Å². The number of carbonyl (C=O) groups excluding carboxylic acids is 1. The van der Waals surface area contributed by atoms with Crippen LogP contribution in [0, 0.1) is 11.2 Å². The number of carbonyl (C=O) groups is 1. The molecular weight excluding hydrogens is 255 g/mol. The largest absolute Gasteiger partial charge is 0.330 e. The molecule has 0 unspecified atom stereocenters. The molecule has 1 fully saturated rings. The molecule has 1 amide bonds. The van der Waals surface area contributed by atoms with Crippen molar-refractivity contribution < 1.29 is 9.18 Å². The van der Waals surface area contributed by atoms with Gasteiger partial charge in [0.2, 0.25) is 5.91 Å². The van der Waals surface area contributed by atoms with E-state index >= 15 is 0 Å². The SMILES string of the molecule is NCC1(CC(=O)Nc2c(F)cccc2Cl)CCC1. The van der Waals surface area contributed by atoms with E-state index in [-0.39, 0.29) is 22.0 Å². The number of hydrogen-bond donors (Lipinski definition) is 2. The van der Waals surface area contributed by atoms with Crippen molar-refractivity contribution in [2.24, 2.45) is 11.1 Å². The van der Waals surface area contributed by atoms with Crippen LogP contribution < -0.4 is 11.1 Å². The number of benzene rings is 1. The minimum Gasteiger partial charge on any atom is -0.330 e. The maximum absolute atomic E-state index is 13.5. The van der Waals surface area contributed by atoms with E-state index in [9.17, 15) is 9.18 Å². The fraction of sp³-hybridized carbons (Fsp3) is 0.462. The van der Waals surface area contributed by atoms with Crippen LogP contribution in [0.3, 0.4) is 0 Å². The van der Waals surface area contributed by atoms with E-state index in [1.165, 1.54) is 12.1 Å². The van der Waals surface area contributed by atoms with Crippen LogP contribution in [0.2, 0.25) is 5.02 Å². The molecule has 2 rings (SSSR count). The molecule has 0 atom stereocenters. The highest BCUT2D eigenvalue weighted by atomic mass is 35.5. The zero-order valence-corrected chi connectivity index (χ0v) is 10.8. The topological polar surface area (TPSA) is 55.1 Å². The number of nitrogens with one attached hydrogen (secondary N) is 1. The predicted octanol–water partition coefficient (Wildman–Crippen LogP) is 2.94. The second kappa shape index (κ2) is 5.24. The third kappa shape index (κ3) is 2.65. The first kappa shape index (κ1) is 13.3. The van der Waals surface area contributed by atoms with Crippen molar-refractivity contribution in [2.45, 2.75) is 25.7 Å². The fourth-order valence-corrected chi connectivity index (χ4v) is 2.48. The van der Waals surface area contributed by atoms with E-state index in [1.807, 2.05) is 0 Å². The van der Waals surface area contributed by atoms with Gasteiger partial charge in [0.15, 0.2) is 0 Å². The molecule has 0 bridgehead atoms. The summed E-state index contributed by atoms with van der Waals surface area (Å²) in [7, 11) is 0. The minimum absolute atomic E-state index is 0.0515. The Morgan fingerprint density at radius 2 is 2.22 bits per heavy atom. The molecule has 0 heterocycles. The predicted molar refractivity (Wildman–Crippen MR) is 70.0 cm³/mol. The van der Waals surface area contributed by atoms with Gasteiger partial charge in [-0.05, 0) is 36.9 Å². The van der Waals surface area contributed by atoms with Crippen molar-refractivity contribution in [3.63, 3.8) is 0 Å². The molecular formula is C13H16ClFN2O. The lowest BCUT2D eigenvalue weighted by Gasteiger charge is -2.40. The van der Waals surface area contributed by atoms with Crippen molar-refractivity contribution in [1.82, 2.24) is 0 Å². The van der Waals surface area contributed by atoms with Crippen molar-refractivity contribution >= 4 is 23.2 Å². The molecule has 5 heteroatoms. The van der Waals surface area contributed by atoms with Crippen molar-refractivity contribution in [2.75, 3.05) is 11.9 Å². The summed E-state index contributed by atoms with van der Waals surface area (Å²) in [6.07, 6.45) is 3.35. The highest BCUT2D eigenvalue weighted by molar-refractivity contribution is 6.33. The van der Waals surface area contributed by atoms with Crippen LogP contribution in [0.25, 0.3) is 0 Å². The van der Waals surface area contributed by atoms with Gasteiger partial charge >= 0.3 is 0 Å². The van der Waals surface area contributed by atoms with Crippen LogP contribution in [0.4, 0.5) is 10.1 Å². The quantitative estimate of drug-likeness (QED) is 0.884. The third-order valence-electron chi connectivity index (χ3n) is 3.61. The lowest BCUT2D eigenvalue weighted by molar-refractivity contribution is -0.119. The number of halogens is 2. The first-order valence-electron chi connectivity index (χ1n) is 6.00. The van der Waals surface area contributed by atoms with Crippen LogP contribution in [-0.2, 0) is 4.79 Å². The van der Waals surface area contributed by atoms with Gasteiger partial charge in [0.1, 0.15) is 5.82 Å². The van der Waals surface area contributed by atoms with Gasteiger partial charge < -0.3 is 11.1 Å². The molecule has 0 aromatic heterocycles. The van der Waals surface area contributed by atoms with Crippen LogP contribution in [0.1, 0.15) is 25.7 Å². The van der Waals surface area contributed by atoms with E-state index < -0.39 is 5.82 Å². The van der Waals surface area contributed by atoms with Gasteiger partial charge in [0.25, 0.3) is 0 Å². The van der Waals surface area contributed by atoms with Gasteiger partial charge in [0, 0.05) is 6.42 Å². The van der Waals surface area contributed by atoms with Crippen molar-refractivity contribution in [1.29, 1.82) is 0 Å². The minimum atomic E-state index is -0.522. The van der Waals surface area contributed by atoms with Crippen molar-refractivity contribution in [3.05, 3.63) is 29.0 Å². The Hall–Kier alpha value is -1.13. The lowest BCUT2D eigenvalue weighted by atomic mass is 9.66. The van der Waals surface area contributed by atoms with Crippen molar-refractivity contribution in [3.8, 4) is 0 Å². The average Bonchev–Trinajstić information content (AvgIpc) is 2.29. The number of anilines is 1. The fourth-order valence-electron chi connectivity index (χ4n) is 2.27. The first-order chi connectivity index (χ1) is 8.56. The summed E-state index contributed by atoms with van der Waals surface area (Å²) in [5, 5.41) is 2.74.